The Balaban J connectivity index is 2.20. The van der Waals surface area contributed by atoms with Crippen molar-refractivity contribution in [1.82, 2.24) is 14.6 Å². The number of oxazole rings is 1. The maximum atomic E-state index is 5.87. The molecule has 0 saturated heterocycles. The van der Waals surface area contributed by atoms with Gasteiger partial charge in [0, 0.05) is 0 Å². The molecule has 0 atom stereocenters. The first kappa shape index (κ1) is 11.2. The summed E-state index contributed by atoms with van der Waals surface area (Å²) in [4.78, 5) is 5.31. The molecule has 0 aliphatic heterocycles. The molecule has 0 spiro atoms. The number of hydrogen-bond acceptors (Lipinski definition) is 6. The number of benzene rings is 1. The largest absolute Gasteiger partial charge is 0.435 e. The van der Waals surface area contributed by atoms with Gasteiger partial charge in [-0.1, -0.05) is 24.4 Å². The van der Waals surface area contributed by atoms with Gasteiger partial charge in [0.25, 0.3) is 0 Å². The Morgan fingerprint density at radius 3 is 2.89 bits per heavy atom. The van der Waals surface area contributed by atoms with E-state index in [2.05, 4.69) is 28.4 Å². The molecule has 0 amide bonds. The molecular formula is C12H12N4OS. The molecule has 92 valence electrons. The van der Waals surface area contributed by atoms with Crippen LogP contribution in [0, 0.1) is 0 Å². The standard InChI is InChI=1S/C12H12N4OS/c1-6(2)9-11(18-16-15-9)12-14-10-7(13)4-3-5-8(10)17-12/h3-6H,13H2,1-2H3. The molecule has 1 aromatic carbocycles. The second-order valence-corrected chi connectivity index (χ2v) is 5.11. The summed E-state index contributed by atoms with van der Waals surface area (Å²) in [5, 5.41) is 4.12. The number of rotatable bonds is 2. The minimum absolute atomic E-state index is 0.283. The highest BCUT2D eigenvalue weighted by atomic mass is 32.1. The molecule has 0 bridgehead atoms. The van der Waals surface area contributed by atoms with Crippen LogP contribution < -0.4 is 5.73 Å². The van der Waals surface area contributed by atoms with Crippen molar-refractivity contribution in [1.29, 1.82) is 0 Å². The fourth-order valence-electron chi connectivity index (χ4n) is 1.79. The highest BCUT2D eigenvalue weighted by molar-refractivity contribution is 7.09. The van der Waals surface area contributed by atoms with Gasteiger partial charge in [0.1, 0.15) is 10.4 Å². The monoisotopic (exact) mass is 260 g/mol. The van der Waals surface area contributed by atoms with Gasteiger partial charge in [0.15, 0.2) is 5.58 Å². The average molecular weight is 260 g/mol. The van der Waals surface area contributed by atoms with Crippen LogP contribution in [0.25, 0.3) is 21.9 Å². The van der Waals surface area contributed by atoms with Gasteiger partial charge in [0.05, 0.1) is 11.4 Å². The van der Waals surface area contributed by atoms with Crippen LogP contribution >= 0.6 is 11.5 Å². The average Bonchev–Trinajstić information content (AvgIpc) is 2.95. The quantitative estimate of drug-likeness (QED) is 0.716. The van der Waals surface area contributed by atoms with Crippen LogP contribution in [0.4, 0.5) is 5.69 Å². The van der Waals surface area contributed by atoms with Gasteiger partial charge >= 0.3 is 0 Å². The van der Waals surface area contributed by atoms with E-state index in [1.54, 1.807) is 0 Å². The highest BCUT2D eigenvalue weighted by Crippen LogP contribution is 2.33. The number of nitrogens with two attached hydrogens (primary N) is 1. The topological polar surface area (TPSA) is 77.8 Å². The number of fused-ring (bicyclic) bond motifs is 1. The van der Waals surface area contributed by atoms with E-state index in [4.69, 9.17) is 10.2 Å². The van der Waals surface area contributed by atoms with Gasteiger partial charge in [-0.15, -0.1) is 5.10 Å². The van der Waals surface area contributed by atoms with Gasteiger partial charge < -0.3 is 10.2 Å². The van der Waals surface area contributed by atoms with E-state index >= 15 is 0 Å². The van der Waals surface area contributed by atoms with Crippen molar-refractivity contribution in [2.45, 2.75) is 19.8 Å². The zero-order chi connectivity index (χ0) is 12.7. The summed E-state index contributed by atoms with van der Waals surface area (Å²) >= 11 is 1.29. The maximum absolute atomic E-state index is 5.87. The number of aromatic nitrogens is 3. The maximum Gasteiger partial charge on any atom is 0.241 e. The molecule has 2 N–H and O–H groups in total. The Hall–Kier alpha value is -1.95. The smallest absolute Gasteiger partial charge is 0.241 e. The van der Waals surface area contributed by atoms with Crippen molar-refractivity contribution in [3.05, 3.63) is 23.9 Å². The Bertz CT molecular complexity index is 701. The van der Waals surface area contributed by atoms with Crippen molar-refractivity contribution < 1.29 is 4.42 Å². The predicted molar refractivity (Wildman–Crippen MR) is 71.4 cm³/mol. The van der Waals surface area contributed by atoms with E-state index in [1.165, 1.54) is 11.5 Å². The fourth-order valence-corrected chi connectivity index (χ4v) is 2.54. The minimum atomic E-state index is 0.283. The summed E-state index contributed by atoms with van der Waals surface area (Å²) in [6.07, 6.45) is 0. The second-order valence-electron chi connectivity index (χ2n) is 4.36. The van der Waals surface area contributed by atoms with Crippen LogP contribution in [-0.4, -0.2) is 14.6 Å². The lowest BCUT2D eigenvalue weighted by molar-refractivity contribution is 0.619. The van der Waals surface area contributed by atoms with Gasteiger partial charge in [0.2, 0.25) is 5.89 Å². The summed E-state index contributed by atoms with van der Waals surface area (Å²) in [5.74, 6) is 0.827. The molecule has 0 saturated carbocycles. The van der Waals surface area contributed by atoms with E-state index in [1.807, 2.05) is 18.2 Å². The molecule has 2 aromatic heterocycles. The number of nitrogen functional groups attached to an aromatic ring is 1. The molecule has 6 heteroatoms. The molecule has 0 unspecified atom stereocenters. The van der Waals surface area contributed by atoms with E-state index < -0.39 is 0 Å². The van der Waals surface area contributed by atoms with Gasteiger partial charge in [-0.2, -0.15) is 0 Å². The van der Waals surface area contributed by atoms with E-state index in [0.29, 0.717) is 22.7 Å². The third-order valence-electron chi connectivity index (χ3n) is 2.70. The molecular weight excluding hydrogens is 248 g/mol. The summed E-state index contributed by atoms with van der Waals surface area (Å²) in [7, 11) is 0. The molecule has 3 rings (SSSR count). The predicted octanol–water partition coefficient (Wildman–Crippen LogP) is 3.05. The van der Waals surface area contributed by atoms with Crippen LogP contribution in [0.2, 0.25) is 0 Å². The van der Waals surface area contributed by atoms with Crippen molar-refractivity contribution in [3.8, 4) is 10.8 Å². The zero-order valence-corrected chi connectivity index (χ0v) is 10.9. The summed E-state index contributed by atoms with van der Waals surface area (Å²) in [6, 6.07) is 5.51. The molecule has 0 aliphatic carbocycles. The molecule has 0 radical (unpaired) electrons. The fraction of sp³-hybridized carbons (Fsp3) is 0.250. The lowest BCUT2D eigenvalue weighted by atomic mass is 10.1. The van der Waals surface area contributed by atoms with E-state index in [-0.39, 0.29) is 5.92 Å². The first-order valence-electron chi connectivity index (χ1n) is 5.64. The van der Waals surface area contributed by atoms with Crippen molar-refractivity contribution >= 4 is 28.3 Å². The molecule has 0 aliphatic rings. The number of para-hydroxylation sites is 1. The van der Waals surface area contributed by atoms with E-state index in [0.717, 1.165) is 10.6 Å². The lowest BCUT2D eigenvalue weighted by Crippen LogP contribution is -1.90. The Labute approximate surface area is 108 Å². The van der Waals surface area contributed by atoms with Gasteiger partial charge in [-0.25, -0.2) is 4.98 Å². The third-order valence-corrected chi connectivity index (χ3v) is 3.43. The van der Waals surface area contributed by atoms with Crippen LogP contribution in [-0.2, 0) is 0 Å². The molecule has 0 fully saturated rings. The summed E-state index contributed by atoms with van der Waals surface area (Å²) < 4.78 is 9.70. The normalized spacial score (nSPS) is 11.5. The van der Waals surface area contributed by atoms with Gasteiger partial charge in [-0.3, -0.25) is 0 Å². The second kappa shape index (κ2) is 4.06. The molecule has 18 heavy (non-hydrogen) atoms. The summed E-state index contributed by atoms with van der Waals surface area (Å²) in [6.45, 7) is 4.13. The number of nitrogens with zero attached hydrogens (tertiary/aromatic N) is 3. The Kier molecular flexibility index (Phi) is 2.52. The molecule has 3 aromatic rings. The van der Waals surface area contributed by atoms with Crippen LogP contribution in [0.1, 0.15) is 25.5 Å². The van der Waals surface area contributed by atoms with Crippen LogP contribution in [0.5, 0.6) is 0 Å². The molecule has 2 heterocycles. The number of anilines is 1. The minimum Gasteiger partial charge on any atom is -0.435 e. The van der Waals surface area contributed by atoms with Crippen molar-refractivity contribution in [2.24, 2.45) is 0 Å². The third kappa shape index (κ3) is 1.65. The first-order valence-corrected chi connectivity index (χ1v) is 6.42. The number of hydrogen-bond donors (Lipinski definition) is 1. The van der Waals surface area contributed by atoms with Crippen molar-refractivity contribution in [3.63, 3.8) is 0 Å². The highest BCUT2D eigenvalue weighted by Gasteiger charge is 2.19. The zero-order valence-electron chi connectivity index (χ0n) is 10.0. The Morgan fingerprint density at radius 2 is 2.17 bits per heavy atom. The molecule has 5 nitrogen and oxygen atoms in total. The van der Waals surface area contributed by atoms with Crippen LogP contribution in [0.3, 0.4) is 0 Å². The van der Waals surface area contributed by atoms with Crippen LogP contribution in [0.15, 0.2) is 22.6 Å². The lowest BCUT2D eigenvalue weighted by Gasteiger charge is -1.99. The first-order chi connectivity index (χ1) is 8.66. The van der Waals surface area contributed by atoms with Crippen molar-refractivity contribution in [2.75, 3.05) is 5.73 Å². The van der Waals surface area contributed by atoms with Gasteiger partial charge in [-0.05, 0) is 29.6 Å². The Morgan fingerprint density at radius 1 is 1.33 bits per heavy atom. The van der Waals surface area contributed by atoms with E-state index in [9.17, 15) is 0 Å². The SMILES string of the molecule is CC(C)c1nnsc1-c1nc2c(N)cccc2o1. The summed E-state index contributed by atoms with van der Waals surface area (Å²) in [5.41, 5.74) is 8.77.